The molecule has 0 atom stereocenters. The molecule has 0 spiro atoms. The lowest BCUT2D eigenvalue weighted by atomic mass is 10.0. The Kier molecular flexibility index (Phi) is 5.21. The zero-order chi connectivity index (χ0) is 14.8. The van der Waals surface area contributed by atoms with E-state index >= 15 is 0 Å². The van der Waals surface area contributed by atoms with Gasteiger partial charge in [-0.25, -0.2) is 0 Å². The van der Waals surface area contributed by atoms with Crippen molar-refractivity contribution in [1.29, 1.82) is 0 Å². The maximum atomic E-state index is 2.41. The van der Waals surface area contributed by atoms with Crippen LogP contribution < -0.4 is 0 Å². The Morgan fingerprint density at radius 1 is 0.476 bits per heavy atom. The van der Waals surface area contributed by atoms with Crippen LogP contribution in [0.1, 0.15) is 0 Å². The molecule has 3 aromatic carbocycles. The number of benzene rings is 3. The highest BCUT2D eigenvalue weighted by Crippen LogP contribution is 2.29. The summed E-state index contributed by atoms with van der Waals surface area (Å²) < 4.78 is 3.83. The van der Waals surface area contributed by atoms with Gasteiger partial charge in [-0.15, -0.1) is 0 Å². The van der Waals surface area contributed by atoms with E-state index in [1.807, 2.05) is 0 Å². The van der Waals surface area contributed by atoms with Crippen LogP contribution in [0.4, 0.5) is 0 Å². The lowest BCUT2D eigenvalue weighted by Crippen LogP contribution is -1.85. The summed E-state index contributed by atoms with van der Waals surface area (Å²) >= 11 is 7.09. The lowest BCUT2D eigenvalue weighted by molar-refractivity contribution is 1.54. The fraction of sp³-hybridized carbons (Fsp3) is 0. The molecular formula is C18H11I3. The Hall–Kier alpha value is -0.150. The van der Waals surface area contributed by atoms with Crippen LogP contribution in [0.15, 0.2) is 66.7 Å². The first-order valence-corrected chi connectivity index (χ1v) is 9.68. The fourth-order valence-electron chi connectivity index (χ4n) is 2.21. The van der Waals surface area contributed by atoms with Gasteiger partial charge in [0, 0.05) is 10.7 Å². The Morgan fingerprint density at radius 2 is 0.952 bits per heavy atom. The number of hydrogen-bond acceptors (Lipinski definition) is 0. The van der Waals surface area contributed by atoms with E-state index in [4.69, 9.17) is 0 Å². The summed E-state index contributed by atoms with van der Waals surface area (Å²) in [6.45, 7) is 0. The van der Waals surface area contributed by atoms with Gasteiger partial charge in [-0.2, -0.15) is 0 Å². The zero-order valence-corrected chi connectivity index (χ0v) is 17.5. The molecule has 3 heteroatoms. The van der Waals surface area contributed by atoms with Crippen molar-refractivity contribution in [3.8, 4) is 22.3 Å². The largest absolute Gasteiger partial charge is 0.0538 e. The molecule has 0 saturated carbocycles. The van der Waals surface area contributed by atoms with Gasteiger partial charge < -0.3 is 0 Å². The molecule has 0 amide bonds. The lowest BCUT2D eigenvalue weighted by Gasteiger charge is -2.07. The average molecular weight is 608 g/mol. The summed E-state index contributed by atoms with van der Waals surface area (Å²) in [4.78, 5) is 0. The highest BCUT2D eigenvalue weighted by Gasteiger charge is 2.04. The highest BCUT2D eigenvalue weighted by atomic mass is 127. The smallest absolute Gasteiger partial charge is 0.0219 e. The van der Waals surface area contributed by atoms with Gasteiger partial charge >= 0.3 is 0 Å². The second-order valence-corrected chi connectivity index (χ2v) is 8.36. The second-order valence-electron chi connectivity index (χ2n) is 4.71. The summed E-state index contributed by atoms with van der Waals surface area (Å²) in [5.74, 6) is 0. The van der Waals surface area contributed by atoms with Crippen LogP contribution in [0.3, 0.4) is 0 Å². The molecule has 0 radical (unpaired) electrons. The summed E-state index contributed by atoms with van der Waals surface area (Å²) in [5.41, 5.74) is 5.09. The maximum absolute atomic E-state index is 2.41. The molecule has 21 heavy (non-hydrogen) atoms. The van der Waals surface area contributed by atoms with Gasteiger partial charge in [0.2, 0.25) is 0 Å². The van der Waals surface area contributed by atoms with Crippen molar-refractivity contribution in [3.05, 3.63) is 77.4 Å². The van der Waals surface area contributed by atoms with Gasteiger partial charge in [-0.1, -0.05) is 42.5 Å². The van der Waals surface area contributed by atoms with E-state index in [-0.39, 0.29) is 0 Å². The summed E-state index contributed by atoms with van der Waals surface area (Å²) in [7, 11) is 0. The van der Waals surface area contributed by atoms with Gasteiger partial charge in [-0.3, -0.25) is 0 Å². The van der Waals surface area contributed by atoms with Crippen LogP contribution in [0, 0.1) is 10.7 Å². The molecule has 0 saturated heterocycles. The minimum atomic E-state index is 1.26. The van der Waals surface area contributed by atoms with Crippen LogP contribution in [-0.2, 0) is 0 Å². The van der Waals surface area contributed by atoms with Crippen molar-refractivity contribution < 1.29 is 0 Å². The third kappa shape index (κ3) is 3.79. The maximum Gasteiger partial charge on any atom is 0.0219 e. The van der Waals surface area contributed by atoms with Crippen molar-refractivity contribution in [2.75, 3.05) is 0 Å². The zero-order valence-electron chi connectivity index (χ0n) is 11.0. The van der Waals surface area contributed by atoms with E-state index in [2.05, 4.69) is 135 Å². The van der Waals surface area contributed by atoms with Gasteiger partial charge in [0.05, 0.1) is 0 Å². The predicted octanol–water partition coefficient (Wildman–Crippen LogP) is 6.83. The molecule has 104 valence electrons. The average Bonchev–Trinajstić information content (AvgIpc) is 2.48. The second kappa shape index (κ2) is 6.95. The van der Waals surface area contributed by atoms with Crippen molar-refractivity contribution in [3.63, 3.8) is 0 Å². The van der Waals surface area contributed by atoms with Crippen molar-refractivity contribution in [2.24, 2.45) is 0 Å². The molecule has 0 aliphatic rings. The minimum Gasteiger partial charge on any atom is -0.0538 e. The van der Waals surface area contributed by atoms with Crippen molar-refractivity contribution in [1.82, 2.24) is 0 Å². The normalized spacial score (nSPS) is 10.6. The molecule has 0 aliphatic carbocycles. The number of rotatable bonds is 2. The Bertz CT molecular complexity index is 759. The molecule has 3 aromatic rings. The van der Waals surface area contributed by atoms with E-state index in [0.29, 0.717) is 0 Å². The minimum absolute atomic E-state index is 1.26. The van der Waals surface area contributed by atoms with E-state index in [1.54, 1.807) is 0 Å². The Balaban J connectivity index is 1.95. The quantitative estimate of drug-likeness (QED) is 0.280. The SMILES string of the molecule is Ic1ccc(-c2ccc(-c3ccc(I)cc3I)cc2)cc1. The summed E-state index contributed by atoms with van der Waals surface area (Å²) in [6, 6.07) is 24.0. The van der Waals surface area contributed by atoms with Crippen LogP contribution in [0.2, 0.25) is 0 Å². The number of hydrogen-bond donors (Lipinski definition) is 0. The first kappa shape index (κ1) is 15.7. The predicted molar refractivity (Wildman–Crippen MR) is 115 cm³/mol. The molecule has 0 N–H and O–H groups in total. The van der Waals surface area contributed by atoms with Crippen LogP contribution in [-0.4, -0.2) is 0 Å². The monoisotopic (exact) mass is 608 g/mol. The summed E-state index contributed by atoms with van der Waals surface area (Å²) in [6.07, 6.45) is 0. The molecule has 0 unspecified atom stereocenters. The molecule has 0 aromatic heterocycles. The molecule has 0 nitrogen and oxygen atoms in total. The molecule has 0 bridgehead atoms. The fourth-order valence-corrected chi connectivity index (χ4v) is 4.48. The third-order valence-corrected chi connectivity index (χ3v) is 5.59. The van der Waals surface area contributed by atoms with Crippen LogP contribution >= 0.6 is 67.8 Å². The standard InChI is InChI=1S/C18H11I3/c19-15-7-5-13(6-8-15)12-1-3-14(4-2-12)17-10-9-16(20)11-18(17)21/h1-11H. The summed E-state index contributed by atoms with van der Waals surface area (Å²) in [5, 5.41) is 0. The van der Waals surface area contributed by atoms with Gasteiger partial charge in [-0.05, 0) is 114 Å². The van der Waals surface area contributed by atoms with Gasteiger partial charge in [0.15, 0.2) is 0 Å². The molecule has 0 heterocycles. The van der Waals surface area contributed by atoms with Crippen molar-refractivity contribution in [2.45, 2.75) is 0 Å². The van der Waals surface area contributed by atoms with E-state index in [9.17, 15) is 0 Å². The van der Waals surface area contributed by atoms with Crippen LogP contribution in [0.25, 0.3) is 22.3 Å². The first-order chi connectivity index (χ1) is 10.1. The van der Waals surface area contributed by atoms with Crippen molar-refractivity contribution >= 4 is 67.8 Å². The van der Waals surface area contributed by atoms with Crippen LogP contribution in [0.5, 0.6) is 0 Å². The third-order valence-electron chi connectivity index (χ3n) is 3.30. The first-order valence-electron chi connectivity index (χ1n) is 6.45. The van der Waals surface area contributed by atoms with E-state index in [0.717, 1.165) is 0 Å². The van der Waals surface area contributed by atoms with E-state index < -0.39 is 0 Å². The molecule has 0 fully saturated rings. The molecule has 3 rings (SSSR count). The van der Waals surface area contributed by atoms with E-state index in [1.165, 1.54) is 33.0 Å². The van der Waals surface area contributed by atoms with Gasteiger partial charge in [0.25, 0.3) is 0 Å². The van der Waals surface area contributed by atoms with Gasteiger partial charge in [0.1, 0.15) is 0 Å². The molecule has 0 aliphatic heterocycles. The highest BCUT2D eigenvalue weighted by molar-refractivity contribution is 14.1. The Morgan fingerprint density at radius 3 is 1.52 bits per heavy atom. The Labute approximate surface area is 165 Å². The number of halogens is 3. The topological polar surface area (TPSA) is 0 Å². The molecular weight excluding hydrogens is 597 g/mol.